The second kappa shape index (κ2) is 6.87. The molecule has 0 unspecified atom stereocenters. The summed E-state index contributed by atoms with van der Waals surface area (Å²) in [6.45, 7) is 0.213. The molecule has 1 heterocycles. The minimum absolute atomic E-state index is 0.0563. The van der Waals surface area contributed by atoms with Gasteiger partial charge in [0.05, 0.1) is 23.0 Å². The number of benzene rings is 1. The zero-order valence-corrected chi connectivity index (χ0v) is 12.0. The fraction of sp³-hybridized carbons (Fsp3) is 0.154. The molecule has 1 aromatic carbocycles. The van der Waals surface area contributed by atoms with Gasteiger partial charge in [-0.1, -0.05) is 23.7 Å². The number of methoxy groups -OCH3 is 1. The van der Waals surface area contributed by atoms with Crippen molar-refractivity contribution >= 4 is 29.2 Å². The van der Waals surface area contributed by atoms with Crippen LogP contribution >= 0.6 is 11.6 Å². The molecule has 0 amide bonds. The molecule has 0 radical (unpaired) electrons. The third-order valence-corrected chi connectivity index (χ3v) is 2.77. The first kappa shape index (κ1) is 15.0. The summed E-state index contributed by atoms with van der Waals surface area (Å²) in [6, 6.07) is 8.41. The van der Waals surface area contributed by atoms with E-state index < -0.39 is 0 Å². The van der Waals surface area contributed by atoms with E-state index in [0.717, 1.165) is 0 Å². The maximum absolute atomic E-state index is 11.5. The summed E-state index contributed by atoms with van der Waals surface area (Å²) in [5, 5.41) is 3.34. The highest BCUT2D eigenvalue weighted by Crippen LogP contribution is 2.20. The van der Waals surface area contributed by atoms with Crippen LogP contribution in [0.4, 0.5) is 11.6 Å². The van der Waals surface area contributed by atoms with Gasteiger partial charge in [0, 0.05) is 13.2 Å². The van der Waals surface area contributed by atoms with Gasteiger partial charge in [-0.2, -0.15) is 4.99 Å². The molecular weight excluding hydrogens is 294 g/mol. The van der Waals surface area contributed by atoms with Crippen LogP contribution in [0.2, 0.25) is 5.02 Å². The Kier molecular flexibility index (Phi) is 4.91. The van der Waals surface area contributed by atoms with Crippen LogP contribution in [0.25, 0.3) is 0 Å². The van der Waals surface area contributed by atoms with Crippen molar-refractivity contribution in [2.75, 3.05) is 12.4 Å². The summed E-state index contributed by atoms with van der Waals surface area (Å²) in [6.07, 6.45) is 0. The van der Waals surface area contributed by atoms with E-state index >= 15 is 0 Å². The van der Waals surface area contributed by atoms with Crippen LogP contribution in [0.1, 0.15) is 5.69 Å². The smallest absolute Gasteiger partial charge is 0.252 e. The monoisotopic (exact) mass is 307 g/mol. The molecule has 21 heavy (non-hydrogen) atoms. The number of para-hydroxylation sites is 1. The molecule has 0 aliphatic carbocycles. The number of aromatic nitrogens is 2. The first-order valence-corrected chi connectivity index (χ1v) is 6.41. The minimum atomic E-state index is -0.332. The summed E-state index contributed by atoms with van der Waals surface area (Å²) < 4.78 is 4.93. The second-order valence-electron chi connectivity index (χ2n) is 4.10. The van der Waals surface area contributed by atoms with E-state index in [0.29, 0.717) is 16.4 Å². The predicted octanol–water partition coefficient (Wildman–Crippen LogP) is 1.63. The Morgan fingerprint density at radius 1 is 1.52 bits per heavy atom. The van der Waals surface area contributed by atoms with Gasteiger partial charge in [-0.05, 0) is 12.1 Å². The number of halogens is 1. The zero-order valence-electron chi connectivity index (χ0n) is 11.3. The third-order valence-electron chi connectivity index (χ3n) is 2.44. The highest BCUT2D eigenvalue weighted by atomic mass is 35.5. The van der Waals surface area contributed by atoms with Gasteiger partial charge in [-0.25, -0.2) is 4.98 Å². The van der Waals surface area contributed by atoms with E-state index in [1.807, 2.05) is 0 Å². The second-order valence-corrected chi connectivity index (χ2v) is 4.50. The summed E-state index contributed by atoms with van der Waals surface area (Å²) in [5.41, 5.74) is 6.51. The highest BCUT2D eigenvalue weighted by molar-refractivity contribution is 6.33. The van der Waals surface area contributed by atoms with Crippen LogP contribution < -0.4 is 16.6 Å². The number of ether oxygens (including phenoxy) is 1. The average Bonchev–Trinajstić information content (AvgIpc) is 2.41. The molecule has 0 spiro atoms. The molecular formula is C13H14ClN5O2. The molecule has 0 fully saturated rings. The van der Waals surface area contributed by atoms with Gasteiger partial charge >= 0.3 is 0 Å². The van der Waals surface area contributed by atoms with Gasteiger partial charge in [-0.15, -0.1) is 0 Å². The van der Waals surface area contributed by atoms with E-state index in [4.69, 9.17) is 22.1 Å². The number of hydrogen-bond donors (Lipinski definition) is 3. The lowest BCUT2D eigenvalue weighted by molar-refractivity contribution is 0.181. The number of anilines is 1. The molecule has 0 atom stereocenters. The van der Waals surface area contributed by atoms with Crippen LogP contribution in [0.5, 0.6) is 0 Å². The number of guanidine groups is 1. The molecule has 4 N–H and O–H groups in total. The van der Waals surface area contributed by atoms with E-state index in [1.165, 1.54) is 13.2 Å². The summed E-state index contributed by atoms with van der Waals surface area (Å²) >= 11 is 6.00. The highest BCUT2D eigenvalue weighted by Gasteiger charge is 2.03. The molecule has 110 valence electrons. The number of rotatable bonds is 4. The normalized spacial score (nSPS) is 11.4. The quantitative estimate of drug-likeness (QED) is 0.588. The van der Waals surface area contributed by atoms with Crippen molar-refractivity contribution in [3.63, 3.8) is 0 Å². The Labute approximate surface area is 125 Å². The van der Waals surface area contributed by atoms with Crippen LogP contribution in [0.15, 0.2) is 40.1 Å². The Hall–Kier alpha value is -2.38. The summed E-state index contributed by atoms with van der Waals surface area (Å²) in [4.78, 5) is 22.1. The van der Waals surface area contributed by atoms with Crippen LogP contribution in [0.3, 0.4) is 0 Å². The first-order chi connectivity index (χ1) is 10.1. The molecule has 0 aliphatic rings. The SMILES string of the molecule is COCc1cc(=O)[nH]c(/N=C(\N)Nc2ccccc2Cl)n1. The van der Waals surface area contributed by atoms with E-state index in [9.17, 15) is 4.79 Å². The Balaban J connectivity index is 2.22. The fourth-order valence-corrected chi connectivity index (χ4v) is 1.79. The van der Waals surface area contributed by atoms with Crippen molar-refractivity contribution in [3.8, 4) is 0 Å². The summed E-state index contributed by atoms with van der Waals surface area (Å²) in [5.74, 6) is 0.146. The van der Waals surface area contributed by atoms with Crippen molar-refractivity contribution in [2.45, 2.75) is 6.61 Å². The molecule has 0 bridgehead atoms. The predicted molar refractivity (Wildman–Crippen MR) is 81.9 cm³/mol. The number of hydrogen-bond acceptors (Lipinski definition) is 4. The number of nitrogens with zero attached hydrogens (tertiary/aromatic N) is 2. The number of aromatic amines is 1. The zero-order chi connectivity index (χ0) is 15.2. The van der Waals surface area contributed by atoms with Crippen molar-refractivity contribution in [1.29, 1.82) is 0 Å². The molecule has 0 saturated carbocycles. The lowest BCUT2D eigenvalue weighted by atomic mass is 10.3. The van der Waals surface area contributed by atoms with Gasteiger partial charge in [0.25, 0.3) is 5.56 Å². The lowest BCUT2D eigenvalue weighted by Crippen LogP contribution is -2.23. The van der Waals surface area contributed by atoms with Gasteiger partial charge in [-0.3, -0.25) is 9.78 Å². The molecule has 2 rings (SSSR count). The van der Waals surface area contributed by atoms with Crippen LogP contribution in [-0.2, 0) is 11.3 Å². The van der Waals surface area contributed by atoms with Crippen molar-refractivity contribution in [2.24, 2.45) is 10.7 Å². The minimum Gasteiger partial charge on any atom is -0.378 e. The number of nitrogens with two attached hydrogens (primary N) is 1. The van der Waals surface area contributed by atoms with Crippen LogP contribution in [-0.4, -0.2) is 23.0 Å². The lowest BCUT2D eigenvalue weighted by Gasteiger charge is -2.07. The third kappa shape index (κ3) is 4.30. The maximum Gasteiger partial charge on any atom is 0.252 e. The van der Waals surface area contributed by atoms with E-state index in [1.54, 1.807) is 24.3 Å². The Bertz CT molecular complexity index is 714. The van der Waals surface area contributed by atoms with Gasteiger partial charge in [0.15, 0.2) is 0 Å². The van der Waals surface area contributed by atoms with Crippen molar-refractivity contribution in [1.82, 2.24) is 9.97 Å². The Morgan fingerprint density at radius 2 is 2.29 bits per heavy atom. The number of H-pyrrole nitrogens is 1. The van der Waals surface area contributed by atoms with Gasteiger partial charge < -0.3 is 15.8 Å². The molecule has 1 aromatic heterocycles. The van der Waals surface area contributed by atoms with E-state index in [2.05, 4.69) is 20.3 Å². The molecule has 7 nitrogen and oxygen atoms in total. The molecule has 0 aliphatic heterocycles. The number of aliphatic imine (C=N–C) groups is 1. The topological polar surface area (TPSA) is 105 Å². The fourth-order valence-electron chi connectivity index (χ4n) is 1.61. The molecule has 8 heteroatoms. The Morgan fingerprint density at radius 3 is 3.00 bits per heavy atom. The average molecular weight is 308 g/mol. The van der Waals surface area contributed by atoms with Crippen molar-refractivity contribution < 1.29 is 4.74 Å². The summed E-state index contributed by atoms with van der Waals surface area (Å²) in [7, 11) is 1.51. The van der Waals surface area contributed by atoms with Crippen molar-refractivity contribution in [3.05, 3.63) is 51.4 Å². The molecule has 0 saturated heterocycles. The first-order valence-electron chi connectivity index (χ1n) is 6.03. The van der Waals surface area contributed by atoms with Crippen LogP contribution in [0, 0.1) is 0 Å². The maximum atomic E-state index is 11.5. The molecule has 2 aromatic rings. The van der Waals surface area contributed by atoms with Gasteiger partial charge in [0.1, 0.15) is 0 Å². The van der Waals surface area contributed by atoms with Gasteiger partial charge in [0.2, 0.25) is 11.9 Å². The standard InChI is InChI=1S/C13H14ClN5O2/c1-21-7-8-6-11(20)18-13(16-8)19-12(15)17-10-5-3-2-4-9(10)14/h2-6H,7H2,1H3,(H4,15,16,17,18,19,20). The van der Waals surface area contributed by atoms with E-state index in [-0.39, 0.29) is 24.1 Å². The number of nitrogens with one attached hydrogen (secondary N) is 2. The largest absolute Gasteiger partial charge is 0.378 e.